The lowest BCUT2D eigenvalue weighted by molar-refractivity contribution is -0.147. The topological polar surface area (TPSA) is 26.3 Å². The first-order chi connectivity index (χ1) is 13.5. The minimum Gasteiger partial charge on any atom is -0.461 e. The summed E-state index contributed by atoms with van der Waals surface area (Å²) in [5, 5.41) is -1.19. The number of hydrogen-bond donors (Lipinski definition) is 0. The molecule has 0 bridgehead atoms. The predicted molar refractivity (Wildman–Crippen MR) is 108 cm³/mol. The number of hydrogen-bond acceptors (Lipinski definition) is 2. The molecule has 1 aromatic rings. The summed E-state index contributed by atoms with van der Waals surface area (Å²) in [6.07, 6.45) is 4.77. The summed E-state index contributed by atoms with van der Waals surface area (Å²) in [4.78, 5) is 12.5. The Morgan fingerprint density at radius 1 is 1.31 bits per heavy atom. The molecule has 6 heteroatoms. The Hall–Kier alpha value is -2.01. The van der Waals surface area contributed by atoms with E-state index in [1.807, 2.05) is 25.1 Å². The van der Waals surface area contributed by atoms with E-state index < -0.39 is 34.4 Å². The molecular weight excluding hydrogens is 401 g/mol. The van der Waals surface area contributed by atoms with Gasteiger partial charge in [-0.2, -0.15) is 13.2 Å². The van der Waals surface area contributed by atoms with Gasteiger partial charge in [0, 0.05) is 0 Å². The van der Waals surface area contributed by atoms with Crippen LogP contribution in [-0.4, -0.2) is 12.1 Å². The molecule has 0 aromatic heterocycles. The Kier molecular flexibility index (Phi) is 6.00. The van der Waals surface area contributed by atoms with Gasteiger partial charge in [-0.25, -0.2) is 0 Å². The van der Waals surface area contributed by atoms with Crippen LogP contribution in [0.3, 0.4) is 0 Å². The number of ether oxygens (including phenoxy) is 1. The summed E-state index contributed by atoms with van der Waals surface area (Å²) in [5.74, 6) is -1.72. The van der Waals surface area contributed by atoms with E-state index in [0.29, 0.717) is 0 Å². The van der Waals surface area contributed by atoms with Crippen molar-refractivity contribution in [1.29, 1.82) is 0 Å². The lowest BCUT2D eigenvalue weighted by Gasteiger charge is -2.14. The molecular formula is C23H24ClF3O2. The zero-order chi connectivity index (χ0) is 21.4. The molecule has 0 N–H and O–H groups in total. The highest BCUT2D eigenvalue weighted by molar-refractivity contribution is 6.30. The highest BCUT2D eigenvalue weighted by atomic mass is 35.5. The van der Waals surface area contributed by atoms with Crippen LogP contribution in [0.15, 0.2) is 47.5 Å². The number of carbonyl (C=O) groups excluding carboxylic acids is 1. The van der Waals surface area contributed by atoms with Gasteiger partial charge in [0.1, 0.15) is 11.6 Å². The fourth-order valence-corrected chi connectivity index (χ4v) is 4.03. The third-order valence-electron chi connectivity index (χ3n) is 5.88. The number of alkyl halides is 3. The van der Waals surface area contributed by atoms with Crippen LogP contribution in [0.2, 0.25) is 0 Å². The molecule has 0 amide bonds. The average molecular weight is 425 g/mol. The Morgan fingerprint density at radius 2 is 2.03 bits per heavy atom. The first-order valence-electron chi connectivity index (χ1n) is 9.60. The van der Waals surface area contributed by atoms with Gasteiger partial charge >= 0.3 is 12.1 Å². The van der Waals surface area contributed by atoms with Crippen LogP contribution in [0.5, 0.6) is 0 Å². The van der Waals surface area contributed by atoms with Crippen LogP contribution in [0, 0.1) is 24.2 Å². The number of esters is 1. The van der Waals surface area contributed by atoms with Crippen LogP contribution in [-0.2, 0) is 16.1 Å². The largest absolute Gasteiger partial charge is 0.461 e. The maximum atomic E-state index is 12.7. The number of halogens is 4. The average Bonchev–Trinajstić information content (AvgIpc) is 3.20. The van der Waals surface area contributed by atoms with Crippen molar-refractivity contribution in [2.75, 3.05) is 0 Å². The quantitative estimate of drug-likeness (QED) is 0.490. The second-order valence-electron chi connectivity index (χ2n) is 8.17. The van der Waals surface area contributed by atoms with E-state index >= 15 is 0 Å². The van der Waals surface area contributed by atoms with E-state index in [1.54, 1.807) is 13.8 Å². The van der Waals surface area contributed by atoms with E-state index in [2.05, 4.69) is 18.2 Å². The van der Waals surface area contributed by atoms with Crippen LogP contribution < -0.4 is 0 Å². The SMILES string of the molecule is Cc1c(COC(=O)[C@@H]2[C@H](/C=C(\Cl)C(F)(F)F)C2(C)C)cccc1C1=CCCC=C1. The lowest BCUT2D eigenvalue weighted by Crippen LogP contribution is -2.11. The molecule has 0 spiro atoms. The fraction of sp³-hybridized carbons (Fsp3) is 0.435. The van der Waals surface area contributed by atoms with E-state index in [0.717, 1.165) is 41.2 Å². The second-order valence-corrected chi connectivity index (χ2v) is 8.58. The number of rotatable bonds is 5. The summed E-state index contributed by atoms with van der Waals surface area (Å²) in [7, 11) is 0. The van der Waals surface area contributed by atoms with Crippen molar-refractivity contribution in [3.8, 4) is 0 Å². The van der Waals surface area contributed by atoms with Gasteiger partial charge in [0.25, 0.3) is 0 Å². The normalized spacial score (nSPS) is 23.6. The third kappa shape index (κ3) is 4.61. The van der Waals surface area contributed by atoms with Gasteiger partial charge in [0.05, 0.1) is 5.92 Å². The third-order valence-corrected chi connectivity index (χ3v) is 6.22. The lowest BCUT2D eigenvalue weighted by atomic mass is 9.93. The first-order valence-corrected chi connectivity index (χ1v) is 9.98. The van der Waals surface area contributed by atoms with Gasteiger partial charge in [-0.3, -0.25) is 4.79 Å². The van der Waals surface area contributed by atoms with Crippen molar-refractivity contribution >= 4 is 23.1 Å². The molecule has 2 aliphatic rings. The van der Waals surface area contributed by atoms with E-state index in [1.165, 1.54) is 0 Å². The molecule has 1 saturated carbocycles. The summed E-state index contributed by atoms with van der Waals surface area (Å²) < 4.78 is 43.6. The van der Waals surface area contributed by atoms with Crippen LogP contribution in [0.1, 0.15) is 43.4 Å². The summed E-state index contributed by atoms with van der Waals surface area (Å²) in [5.41, 5.74) is 3.55. The Bertz CT molecular complexity index is 894. The Balaban J connectivity index is 1.69. The number of allylic oxidation sites excluding steroid dienone is 6. The van der Waals surface area contributed by atoms with Crippen molar-refractivity contribution in [2.24, 2.45) is 17.3 Å². The van der Waals surface area contributed by atoms with Crippen molar-refractivity contribution in [3.05, 3.63) is 64.2 Å². The maximum absolute atomic E-state index is 12.7. The van der Waals surface area contributed by atoms with Gasteiger partial charge < -0.3 is 4.74 Å². The molecule has 0 heterocycles. The summed E-state index contributed by atoms with van der Waals surface area (Å²) >= 11 is 5.35. The zero-order valence-corrected chi connectivity index (χ0v) is 17.4. The molecule has 3 rings (SSSR count). The van der Waals surface area contributed by atoms with Gasteiger partial charge in [-0.1, -0.05) is 68.0 Å². The highest BCUT2D eigenvalue weighted by Crippen LogP contribution is 2.60. The van der Waals surface area contributed by atoms with Crippen LogP contribution in [0.25, 0.3) is 5.57 Å². The smallest absolute Gasteiger partial charge is 0.426 e. The van der Waals surface area contributed by atoms with Gasteiger partial charge in [0.2, 0.25) is 0 Å². The molecule has 0 saturated heterocycles. The van der Waals surface area contributed by atoms with Crippen molar-refractivity contribution in [1.82, 2.24) is 0 Å². The molecule has 2 nitrogen and oxygen atoms in total. The first kappa shape index (κ1) is 21.7. The van der Waals surface area contributed by atoms with E-state index in [9.17, 15) is 18.0 Å². The molecule has 2 atom stereocenters. The molecule has 0 radical (unpaired) electrons. The Labute approximate surface area is 174 Å². The Morgan fingerprint density at radius 3 is 2.66 bits per heavy atom. The highest BCUT2D eigenvalue weighted by Gasteiger charge is 2.62. The number of carbonyl (C=O) groups is 1. The summed E-state index contributed by atoms with van der Waals surface area (Å²) in [6, 6.07) is 5.85. The van der Waals surface area contributed by atoms with Crippen LogP contribution >= 0.6 is 11.6 Å². The summed E-state index contributed by atoms with van der Waals surface area (Å²) in [6.45, 7) is 5.56. The van der Waals surface area contributed by atoms with Gasteiger partial charge in [0.15, 0.2) is 0 Å². The molecule has 0 unspecified atom stereocenters. The maximum Gasteiger partial charge on any atom is 0.426 e. The zero-order valence-electron chi connectivity index (χ0n) is 16.6. The molecule has 1 fully saturated rings. The fourth-order valence-electron chi connectivity index (χ4n) is 3.90. The standard InChI is InChI=1S/C23H24ClF3O2/c1-14-16(10-7-11-17(14)15-8-5-4-6-9-15)13-29-21(28)20-18(22(20,2)3)12-19(24)23(25,26)27/h5,7-12,18,20H,4,6,13H2,1-3H3/b19-12-/t18-,20-/m0/s1. The van der Waals surface area contributed by atoms with Gasteiger partial charge in [-0.15, -0.1) is 0 Å². The molecule has 156 valence electrons. The molecule has 1 aromatic carbocycles. The number of benzene rings is 1. The molecule has 2 aliphatic carbocycles. The molecule has 0 aliphatic heterocycles. The predicted octanol–water partition coefficient (Wildman–Crippen LogP) is 6.73. The van der Waals surface area contributed by atoms with Crippen LogP contribution in [0.4, 0.5) is 13.2 Å². The van der Waals surface area contributed by atoms with Crippen molar-refractivity contribution in [2.45, 2.75) is 46.4 Å². The van der Waals surface area contributed by atoms with Crippen molar-refractivity contribution < 1.29 is 22.7 Å². The monoisotopic (exact) mass is 424 g/mol. The molecule has 29 heavy (non-hydrogen) atoms. The van der Waals surface area contributed by atoms with Gasteiger partial charge in [-0.05, 0) is 53.4 Å². The minimum absolute atomic E-state index is 0.0888. The van der Waals surface area contributed by atoms with E-state index in [-0.39, 0.29) is 6.61 Å². The minimum atomic E-state index is -4.60. The van der Waals surface area contributed by atoms with Crippen molar-refractivity contribution in [3.63, 3.8) is 0 Å². The van der Waals surface area contributed by atoms with E-state index in [4.69, 9.17) is 16.3 Å². The second kappa shape index (κ2) is 8.02.